The van der Waals surface area contributed by atoms with Gasteiger partial charge in [0.1, 0.15) is 18.7 Å². The number of ether oxygens (including phenoxy) is 1. The normalized spacial score (nSPS) is 12.8. The van der Waals surface area contributed by atoms with Crippen LogP contribution in [0.4, 0.5) is 4.79 Å². The van der Waals surface area contributed by atoms with Gasteiger partial charge in [0.2, 0.25) is 5.91 Å². The maximum Gasteiger partial charge on any atom is 0.408 e. The van der Waals surface area contributed by atoms with Crippen molar-refractivity contribution in [2.24, 2.45) is 0 Å². The molecule has 0 saturated heterocycles. The number of benzene rings is 1. The molecule has 0 spiro atoms. The number of hydrogen-bond donors (Lipinski definition) is 4. The number of alkyl carbamates (subject to hydrolysis) is 1. The van der Waals surface area contributed by atoms with Crippen LogP contribution in [0.25, 0.3) is 0 Å². The lowest BCUT2D eigenvalue weighted by Gasteiger charge is -2.20. The largest absolute Gasteiger partial charge is 0.480 e. The van der Waals surface area contributed by atoms with E-state index in [1.54, 1.807) is 12.1 Å². The van der Waals surface area contributed by atoms with Gasteiger partial charge in [-0.05, 0) is 12.0 Å². The Morgan fingerprint density at radius 1 is 1.12 bits per heavy atom. The second kappa shape index (κ2) is 10.2. The highest BCUT2D eigenvalue weighted by Crippen LogP contribution is 2.03. The van der Waals surface area contributed by atoms with Gasteiger partial charge in [0, 0.05) is 0 Å². The third kappa shape index (κ3) is 6.66. The Morgan fingerprint density at radius 3 is 2.33 bits per heavy atom. The minimum atomic E-state index is -1.42. The van der Waals surface area contributed by atoms with Crippen LogP contribution in [0.1, 0.15) is 25.3 Å². The van der Waals surface area contributed by atoms with E-state index in [0.29, 0.717) is 12.8 Å². The van der Waals surface area contributed by atoms with Gasteiger partial charge in [-0.3, -0.25) is 4.79 Å². The fraction of sp³-hybridized carbons (Fsp3) is 0.438. The second-order valence-electron chi connectivity index (χ2n) is 5.13. The first-order valence-electron chi connectivity index (χ1n) is 7.59. The van der Waals surface area contributed by atoms with Crippen LogP contribution < -0.4 is 10.6 Å². The van der Waals surface area contributed by atoms with Gasteiger partial charge in [0.25, 0.3) is 0 Å². The molecular weight excluding hydrogens is 316 g/mol. The molecule has 24 heavy (non-hydrogen) atoms. The fourth-order valence-corrected chi connectivity index (χ4v) is 1.92. The average Bonchev–Trinajstić information content (AvgIpc) is 2.57. The summed E-state index contributed by atoms with van der Waals surface area (Å²) < 4.78 is 5.04. The lowest BCUT2D eigenvalue weighted by molar-refractivity contribution is -0.143. The van der Waals surface area contributed by atoms with E-state index in [1.165, 1.54) is 0 Å². The Morgan fingerprint density at radius 2 is 1.79 bits per heavy atom. The van der Waals surface area contributed by atoms with E-state index >= 15 is 0 Å². The Labute approximate surface area is 139 Å². The van der Waals surface area contributed by atoms with Crippen LogP contribution in [-0.2, 0) is 20.9 Å². The quantitative estimate of drug-likeness (QED) is 0.524. The predicted molar refractivity (Wildman–Crippen MR) is 85.1 cm³/mol. The number of amides is 2. The summed E-state index contributed by atoms with van der Waals surface area (Å²) in [6.45, 7) is 1.14. The van der Waals surface area contributed by atoms with Crippen molar-refractivity contribution < 1.29 is 29.3 Å². The number of aliphatic hydroxyl groups is 1. The van der Waals surface area contributed by atoms with E-state index in [2.05, 4.69) is 10.6 Å². The van der Waals surface area contributed by atoms with Crippen molar-refractivity contribution >= 4 is 18.0 Å². The van der Waals surface area contributed by atoms with Gasteiger partial charge >= 0.3 is 12.1 Å². The van der Waals surface area contributed by atoms with Gasteiger partial charge in [0.15, 0.2) is 0 Å². The number of hydrogen-bond acceptors (Lipinski definition) is 5. The molecule has 1 rings (SSSR count). The maximum atomic E-state index is 12.1. The van der Waals surface area contributed by atoms with Crippen LogP contribution in [0, 0.1) is 0 Å². The number of carbonyl (C=O) groups is 3. The molecule has 0 aliphatic rings. The number of aliphatic hydroxyl groups excluding tert-OH is 1. The van der Waals surface area contributed by atoms with E-state index in [4.69, 9.17) is 14.9 Å². The monoisotopic (exact) mass is 338 g/mol. The summed E-state index contributed by atoms with van der Waals surface area (Å²) in [5.41, 5.74) is 0.801. The van der Waals surface area contributed by atoms with E-state index in [0.717, 1.165) is 5.56 Å². The molecule has 4 N–H and O–H groups in total. The van der Waals surface area contributed by atoms with Crippen LogP contribution in [0.3, 0.4) is 0 Å². The smallest absolute Gasteiger partial charge is 0.408 e. The molecular formula is C16H22N2O6. The summed E-state index contributed by atoms with van der Waals surface area (Å²) in [5, 5.41) is 22.4. The van der Waals surface area contributed by atoms with E-state index in [9.17, 15) is 14.4 Å². The second-order valence-corrected chi connectivity index (χ2v) is 5.13. The van der Waals surface area contributed by atoms with Crippen molar-refractivity contribution in [3.63, 3.8) is 0 Å². The summed E-state index contributed by atoms with van der Waals surface area (Å²) in [6.07, 6.45) is 0.126. The molecule has 2 atom stereocenters. The van der Waals surface area contributed by atoms with Crippen molar-refractivity contribution in [1.29, 1.82) is 0 Å². The molecule has 132 valence electrons. The summed E-state index contributed by atoms with van der Waals surface area (Å²) in [6, 6.07) is 6.69. The van der Waals surface area contributed by atoms with Gasteiger partial charge in [-0.15, -0.1) is 0 Å². The van der Waals surface area contributed by atoms with E-state index < -0.39 is 36.7 Å². The molecule has 0 unspecified atom stereocenters. The lowest BCUT2D eigenvalue weighted by Crippen LogP contribution is -2.52. The highest BCUT2D eigenvalue weighted by Gasteiger charge is 2.25. The van der Waals surface area contributed by atoms with Crippen LogP contribution >= 0.6 is 0 Å². The first-order chi connectivity index (χ1) is 11.5. The number of nitrogens with one attached hydrogen (secondary N) is 2. The minimum absolute atomic E-state index is 0.0571. The third-order valence-corrected chi connectivity index (χ3v) is 3.20. The van der Waals surface area contributed by atoms with Crippen molar-refractivity contribution in [2.45, 2.75) is 38.5 Å². The molecule has 0 aromatic heterocycles. The molecule has 1 aromatic carbocycles. The predicted octanol–water partition coefficient (Wildman–Crippen LogP) is 0.643. The topological polar surface area (TPSA) is 125 Å². The minimum Gasteiger partial charge on any atom is -0.480 e. The summed E-state index contributed by atoms with van der Waals surface area (Å²) in [4.78, 5) is 34.7. The molecule has 2 amide bonds. The highest BCUT2D eigenvalue weighted by atomic mass is 16.5. The molecule has 0 heterocycles. The molecule has 8 nitrogen and oxygen atoms in total. The Bertz CT molecular complexity index is 549. The SMILES string of the molecule is CCC[C@H](NC(=O)OCc1ccccc1)C(=O)N[C@@H](CO)C(=O)O. The number of aliphatic carboxylic acids is 1. The molecule has 8 heteroatoms. The van der Waals surface area contributed by atoms with Crippen LogP contribution in [0.15, 0.2) is 30.3 Å². The lowest BCUT2D eigenvalue weighted by atomic mass is 10.1. The van der Waals surface area contributed by atoms with Gasteiger partial charge in [-0.1, -0.05) is 43.7 Å². The number of carbonyl (C=O) groups excluding carboxylic acids is 2. The molecule has 0 bridgehead atoms. The van der Waals surface area contributed by atoms with Crippen molar-refractivity contribution in [3.05, 3.63) is 35.9 Å². The average molecular weight is 338 g/mol. The first-order valence-corrected chi connectivity index (χ1v) is 7.59. The van der Waals surface area contributed by atoms with E-state index in [-0.39, 0.29) is 6.61 Å². The van der Waals surface area contributed by atoms with Crippen LogP contribution in [0.5, 0.6) is 0 Å². The summed E-state index contributed by atoms with van der Waals surface area (Å²) >= 11 is 0. The zero-order valence-corrected chi connectivity index (χ0v) is 13.4. The molecule has 1 aromatic rings. The van der Waals surface area contributed by atoms with Crippen molar-refractivity contribution in [3.8, 4) is 0 Å². The zero-order chi connectivity index (χ0) is 17.9. The standard InChI is InChI=1S/C16H22N2O6/c1-2-6-12(14(20)17-13(9-19)15(21)22)18-16(23)24-10-11-7-4-3-5-8-11/h3-5,7-8,12-13,19H,2,6,9-10H2,1H3,(H,17,20)(H,18,23)(H,21,22)/t12-,13-/m0/s1. The third-order valence-electron chi connectivity index (χ3n) is 3.20. The van der Waals surface area contributed by atoms with Gasteiger partial charge < -0.3 is 25.6 Å². The Balaban J connectivity index is 2.55. The molecule has 0 fully saturated rings. The number of carboxylic acid groups (broad SMARTS) is 1. The van der Waals surface area contributed by atoms with Gasteiger partial charge in [0.05, 0.1) is 6.61 Å². The van der Waals surface area contributed by atoms with Crippen molar-refractivity contribution in [1.82, 2.24) is 10.6 Å². The van der Waals surface area contributed by atoms with Gasteiger partial charge in [-0.25, -0.2) is 9.59 Å². The summed E-state index contributed by atoms with van der Waals surface area (Å²) in [7, 11) is 0. The van der Waals surface area contributed by atoms with Gasteiger partial charge in [-0.2, -0.15) is 0 Å². The van der Waals surface area contributed by atoms with Crippen LogP contribution in [0.2, 0.25) is 0 Å². The zero-order valence-electron chi connectivity index (χ0n) is 13.4. The van der Waals surface area contributed by atoms with Crippen LogP contribution in [-0.4, -0.2) is 46.9 Å². The highest BCUT2D eigenvalue weighted by molar-refractivity contribution is 5.89. The number of rotatable bonds is 9. The Hall–Kier alpha value is -2.61. The summed E-state index contributed by atoms with van der Waals surface area (Å²) in [5.74, 6) is -2.04. The fourth-order valence-electron chi connectivity index (χ4n) is 1.92. The first kappa shape index (κ1) is 19.4. The van der Waals surface area contributed by atoms with E-state index in [1.807, 2.05) is 25.1 Å². The molecule has 0 saturated carbocycles. The molecule has 0 radical (unpaired) electrons. The maximum absolute atomic E-state index is 12.1. The molecule has 0 aliphatic carbocycles. The number of carboxylic acids is 1. The van der Waals surface area contributed by atoms with Crippen molar-refractivity contribution in [2.75, 3.05) is 6.61 Å². The Kier molecular flexibility index (Phi) is 8.28. The molecule has 0 aliphatic heterocycles.